The minimum atomic E-state index is -1.04. The van der Waals surface area contributed by atoms with Crippen LogP contribution in [0.5, 0.6) is 11.5 Å². The fraction of sp³-hybridized carbons (Fsp3) is 0. The Morgan fingerprint density at radius 1 is 1.22 bits per heavy atom. The van der Waals surface area contributed by atoms with Crippen molar-refractivity contribution >= 4 is 37.8 Å². The van der Waals surface area contributed by atoms with Crippen molar-refractivity contribution in [1.82, 2.24) is 4.98 Å². The number of hydrogen-bond donors (Lipinski definition) is 1. The van der Waals surface area contributed by atoms with Crippen molar-refractivity contribution in [3.05, 3.63) is 51.2 Å². The maximum absolute atomic E-state index is 10.8. The molecule has 4 nitrogen and oxygen atoms in total. The number of ether oxygens (including phenoxy) is 1. The minimum Gasteiger partial charge on any atom is -0.478 e. The highest BCUT2D eigenvalue weighted by Crippen LogP contribution is 2.31. The lowest BCUT2D eigenvalue weighted by Crippen LogP contribution is -1.97. The van der Waals surface area contributed by atoms with Crippen LogP contribution >= 0.6 is 31.9 Å². The molecular weight excluding hydrogens is 366 g/mol. The highest BCUT2D eigenvalue weighted by Gasteiger charge is 2.07. The van der Waals surface area contributed by atoms with Crippen molar-refractivity contribution in [2.45, 2.75) is 0 Å². The van der Waals surface area contributed by atoms with Crippen molar-refractivity contribution in [1.29, 1.82) is 0 Å². The van der Waals surface area contributed by atoms with Gasteiger partial charge in [0.2, 0.25) is 0 Å². The average molecular weight is 373 g/mol. The van der Waals surface area contributed by atoms with Gasteiger partial charge >= 0.3 is 5.97 Å². The molecule has 1 N–H and O–H groups in total. The maximum Gasteiger partial charge on any atom is 0.337 e. The number of nitrogens with zero attached hydrogens (tertiary/aromatic N) is 1. The Morgan fingerprint density at radius 3 is 2.67 bits per heavy atom. The van der Waals surface area contributed by atoms with Gasteiger partial charge in [0.1, 0.15) is 11.5 Å². The normalized spacial score (nSPS) is 10.1. The number of carbonyl (C=O) groups is 1. The van der Waals surface area contributed by atoms with Gasteiger partial charge in [-0.2, -0.15) is 0 Å². The number of benzene rings is 1. The highest BCUT2D eigenvalue weighted by molar-refractivity contribution is 9.11. The zero-order valence-corrected chi connectivity index (χ0v) is 12.1. The van der Waals surface area contributed by atoms with Crippen molar-refractivity contribution in [3.8, 4) is 11.5 Å². The zero-order valence-electron chi connectivity index (χ0n) is 8.93. The van der Waals surface area contributed by atoms with Crippen molar-refractivity contribution in [3.63, 3.8) is 0 Å². The Kier molecular flexibility index (Phi) is 3.98. The second-order valence-corrected chi connectivity index (χ2v) is 5.16. The van der Waals surface area contributed by atoms with E-state index in [0.717, 1.165) is 8.95 Å². The summed E-state index contributed by atoms with van der Waals surface area (Å²) >= 11 is 6.70. The quantitative estimate of drug-likeness (QED) is 0.881. The molecule has 0 atom stereocenters. The summed E-state index contributed by atoms with van der Waals surface area (Å²) in [7, 11) is 0. The molecule has 6 heteroatoms. The van der Waals surface area contributed by atoms with Crippen LogP contribution in [0.4, 0.5) is 0 Å². The van der Waals surface area contributed by atoms with Crippen LogP contribution in [0.25, 0.3) is 0 Å². The molecule has 0 aliphatic rings. The van der Waals surface area contributed by atoms with Gasteiger partial charge in [0, 0.05) is 10.7 Å². The van der Waals surface area contributed by atoms with E-state index in [4.69, 9.17) is 9.84 Å². The third-order valence-corrected chi connectivity index (χ3v) is 3.19. The molecule has 0 unspecified atom stereocenters. The molecule has 0 saturated heterocycles. The van der Waals surface area contributed by atoms with Gasteiger partial charge in [-0.25, -0.2) is 4.79 Å². The summed E-state index contributed by atoms with van der Waals surface area (Å²) < 4.78 is 7.24. The molecule has 0 aliphatic carbocycles. The van der Waals surface area contributed by atoms with Gasteiger partial charge in [0.25, 0.3) is 0 Å². The third-order valence-electron chi connectivity index (χ3n) is 2.08. The largest absolute Gasteiger partial charge is 0.478 e. The summed E-state index contributed by atoms with van der Waals surface area (Å²) in [5, 5.41) is 8.86. The summed E-state index contributed by atoms with van der Waals surface area (Å²) in [5.41, 5.74) is 0.0840. The van der Waals surface area contributed by atoms with Gasteiger partial charge in [-0.15, -0.1) is 0 Å². The summed E-state index contributed by atoms with van der Waals surface area (Å²) in [4.78, 5) is 14.6. The number of carboxylic acids is 1. The van der Waals surface area contributed by atoms with Gasteiger partial charge in [-0.05, 0) is 40.2 Å². The number of aromatic nitrogens is 1. The number of hydrogen-bond acceptors (Lipinski definition) is 3. The molecule has 2 rings (SSSR count). The smallest absolute Gasteiger partial charge is 0.337 e. The minimum absolute atomic E-state index is 0.0840. The van der Waals surface area contributed by atoms with Crippen molar-refractivity contribution < 1.29 is 14.6 Å². The first kappa shape index (κ1) is 13.0. The van der Waals surface area contributed by atoms with Gasteiger partial charge in [0.15, 0.2) is 0 Å². The number of carboxylic acid groups (broad SMARTS) is 1. The van der Waals surface area contributed by atoms with Crippen LogP contribution < -0.4 is 4.74 Å². The van der Waals surface area contributed by atoms with Crippen LogP contribution in [0, 0.1) is 0 Å². The fourth-order valence-electron chi connectivity index (χ4n) is 1.28. The zero-order chi connectivity index (χ0) is 13.1. The van der Waals surface area contributed by atoms with E-state index in [9.17, 15) is 4.79 Å². The maximum atomic E-state index is 10.8. The van der Waals surface area contributed by atoms with Gasteiger partial charge < -0.3 is 9.84 Å². The third kappa shape index (κ3) is 3.08. The summed E-state index contributed by atoms with van der Waals surface area (Å²) in [6.45, 7) is 0. The summed E-state index contributed by atoms with van der Waals surface area (Å²) in [5.74, 6) is -0.0803. The molecule has 2 aromatic rings. The Bertz CT molecular complexity index is 602. The van der Waals surface area contributed by atoms with Crippen molar-refractivity contribution in [2.24, 2.45) is 0 Å². The molecule has 0 aliphatic heterocycles. The SMILES string of the molecule is O=C(O)c1cncc(Oc2ccc(Br)cc2Br)c1. The van der Waals surface area contributed by atoms with Crippen LogP contribution in [-0.2, 0) is 0 Å². The van der Waals surface area contributed by atoms with E-state index in [1.165, 1.54) is 18.5 Å². The van der Waals surface area contributed by atoms with E-state index in [1.807, 2.05) is 12.1 Å². The lowest BCUT2D eigenvalue weighted by molar-refractivity contribution is 0.0696. The number of rotatable bonds is 3. The van der Waals surface area contributed by atoms with Crippen LogP contribution in [0.15, 0.2) is 45.6 Å². The van der Waals surface area contributed by atoms with E-state index in [2.05, 4.69) is 36.8 Å². The molecule has 1 aromatic carbocycles. The lowest BCUT2D eigenvalue weighted by atomic mass is 10.3. The monoisotopic (exact) mass is 371 g/mol. The van der Waals surface area contributed by atoms with Gasteiger partial charge in [-0.1, -0.05) is 15.9 Å². The molecule has 0 bridgehead atoms. The molecule has 0 spiro atoms. The molecule has 0 saturated carbocycles. The first-order valence-corrected chi connectivity index (χ1v) is 6.46. The Balaban J connectivity index is 2.28. The van der Waals surface area contributed by atoms with Crippen molar-refractivity contribution in [2.75, 3.05) is 0 Å². The van der Waals surface area contributed by atoms with E-state index in [0.29, 0.717) is 11.5 Å². The van der Waals surface area contributed by atoms with Crippen LogP contribution in [0.1, 0.15) is 10.4 Å². The lowest BCUT2D eigenvalue weighted by Gasteiger charge is -2.08. The van der Waals surface area contributed by atoms with Gasteiger partial charge in [0.05, 0.1) is 16.2 Å². The van der Waals surface area contributed by atoms with E-state index in [-0.39, 0.29) is 5.56 Å². The number of pyridine rings is 1. The highest BCUT2D eigenvalue weighted by atomic mass is 79.9. The van der Waals surface area contributed by atoms with E-state index >= 15 is 0 Å². The summed E-state index contributed by atoms with van der Waals surface area (Å²) in [6.07, 6.45) is 2.73. The fourth-order valence-corrected chi connectivity index (χ4v) is 2.40. The Morgan fingerprint density at radius 2 is 2.00 bits per heavy atom. The predicted octanol–water partition coefficient (Wildman–Crippen LogP) is 4.10. The standard InChI is InChI=1S/C12H7Br2NO3/c13-8-1-2-11(10(14)4-8)18-9-3-7(12(16)17)5-15-6-9/h1-6H,(H,16,17). The second kappa shape index (κ2) is 5.49. The summed E-state index contributed by atoms with van der Waals surface area (Å²) in [6, 6.07) is 6.85. The molecule has 1 aromatic heterocycles. The number of aromatic carboxylic acids is 1. The predicted molar refractivity (Wildman–Crippen MR) is 73.1 cm³/mol. The van der Waals surface area contributed by atoms with Crippen LogP contribution in [0.3, 0.4) is 0 Å². The Labute approximate surface area is 120 Å². The molecular formula is C12H7Br2NO3. The first-order valence-electron chi connectivity index (χ1n) is 4.87. The van der Waals surface area contributed by atoms with E-state index in [1.54, 1.807) is 6.07 Å². The second-order valence-electron chi connectivity index (χ2n) is 3.39. The molecule has 0 radical (unpaired) electrons. The number of halogens is 2. The van der Waals surface area contributed by atoms with Crippen LogP contribution in [-0.4, -0.2) is 16.1 Å². The molecule has 1 heterocycles. The molecule has 18 heavy (non-hydrogen) atoms. The first-order chi connectivity index (χ1) is 8.56. The Hall–Kier alpha value is -1.40. The van der Waals surface area contributed by atoms with E-state index < -0.39 is 5.97 Å². The van der Waals surface area contributed by atoms with Gasteiger partial charge in [-0.3, -0.25) is 4.98 Å². The molecule has 92 valence electrons. The topological polar surface area (TPSA) is 59.4 Å². The van der Waals surface area contributed by atoms with Crippen LogP contribution in [0.2, 0.25) is 0 Å². The molecule has 0 fully saturated rings. The molecule has 0 amide bonds. The average Bonchev–Trinajstić information content (AvgIpc) is 2.33.